The molecule has 25 heavy (non-hydrogen) atoms. The van der Waals surface area contributed by atoms with E-state index in [1.165, 1.54) is 17.7 Å². The number of halogens is 1. The largest absolute Gasteiger partial charge is 0.484 e. The molecular weight excluding hydrogens is 317 g/mol. The lowest BCUT2D eigenvalue weighted by Crippen LogP contribution is -2.40. The lowest BCUT2D eigenvalue weighted by atomic mass is 10.1. The van der Waals surface area contributed by atoms with E-state index in [1.807, 2.05) is 18.2 Å². The maximum absolute atomic E-state index is 13.9. The predicted molar refractivity (Wildman–Crippen MR) is 92.6 cm³/mol. The van der Waals surface area contributed by atoms with Gasteiger partial charge in [-0.1, -0.05) is 24.3 Å². The molecule has 1 saturated heterocycles. The summed E-state index contributed by atoms with van der Waals surface area (Å²) in [5, 5.41) is 8.88. The number of rotatable bonds is 3. The number of nitrogens with two attached hydrogens (primary N) is 1. The van der Waals surface area contributed by atoms with E-state index in [9.17, 15) is 4.39 Å². The van der Waals surface area contributed by atoms with Crippen LogP contribution in [-0.2, 0) is 6.42 Å². The van der Waals surface area contributed by atoms with Gasteiger partial charge < -0.3 is 10.5 Å². The maximum atomic E-state index is 13.9. The third-order valence-electron chi connectivity index (χ3n) is 5.19. The summed E-state index contributed by atoms with van der Waals surface area (Å²) in [7, 11) is 0. The molecule has 0 amide bonds. The lowest BCUT2D eigenvalue weighted by molar-refractivity contribution is 0.0930. The molecule has 1 heterocycles. The quantitative estimate of drug-likeness (QED) is 0.935. The molecule has 4 nitrogen and oxygen atoms in total. The third kappa shape index (κ3) is 2.99. The molecular formula is C20H20FN3O. The second kappa shape index (κ2) is 6.47. The minimum Gasteiger partial charge on any atom is -0.484 e. The second-order valence-corrected chi connectivity index (χ2v) is 6.81. The van der Waals surface area contributed by atoms with Crippen LogP contribution in [0, 0.1) is 17.1 Å². The van der Waals surface area contributed by atoms with E-state index in [4.69, 9.17) is 15.7 Å². The standard InChI is InChI=1S/C20H20FN3O/c21-18-10-16(6-5-14(18)11-22)25-20-17-4-2-1-3-13(17)9-19(20)24-8-7-15(23)12-24/h1-6,10,15,19-20H,7-9,12,23H2/t15-,19+,20+/m0/s1. The molecule has 2 aromatic carbocycles. The van der Waals surface area contributed by atoms with Crippen molar-refractivity contribution in [2.75, 3.05) is 13.1 Å². The highest BCUT2D eigenvalue weighted by Gasteiger charge is 2.40. The van der Waals surface area contributed by atoms with Gasteiger partial charge in [0.05, 0.1) is 11.6 Å². The molecule has 0 aromatic heterocycles. The molecule has 0 spiro atoms. The van der Waals surface area contributed by atoms with Crippen LogP contribution in [0.2, 0.25) is 0 Å². The van der Waals surface area contributed by atoms with Gasteiger partial charge in [-0.15, -0.1) is 0 Å². The van der Waals surface area contributed by atoms with Crippen LogP contribution in [-0.4, -0.2) is 30.1 Å². The zero-order valence-electron chi connectivity index (χ0n) is 13.9. The molecule has 2 aromatic rings. The van der Waals surface area contributed by atoms with Crippen LogP contribution in [0.4, 0.5) is 4.39 Å². The fraction of sp³-hybridized carbons (Fsp3) is 0.350. The highest BCUT2D eigenvalue weighted by atomic mass is 19.1. The molecule has 1 aliphatic carbocycles. The van der Waals surface area contributed by atoms with Crippen LogP contribution in [0.1, 0.15) is 29.2 Å². The lowest BCUT2D eigenvalue weighted by Gasteiger charge is -2.30. The third-order valence-corrected chi connectivity index (χ3v) is 5.19. The van der Waals surface area contributed by atoms with Crippen molar-refractivity contribution in [3.8, 4) is 11.8 Å². The van der Waals surface area contributed by atoms with Gasteiger partial charge in [0, 0.05) is 25.2 Å². The van der Waals surface area contributed by atoms with Gasteiger partial charge in [-0.05, 0) is 36.1 Å². The summed E-state index contributed by atoms with van der Waals surface area (Å²) in [4.78, 5) is 2.38. The molecule has 0 unspecified atom stereocenters. The van der Waals surface area contributed by atoms with Gasteiger partial charge in [-0.2, -0.15) is 5.26 Å². The Kier molecular flexibility index (Phi) is 4.16. The van der Waals surface area contributed by atoms with Crippen molar-refractivity contribution < 1.29 is 9.13 Å². The first-order valence-corrected chi connectivity index (χ1v) is 8.59. The number of hydrogen-bond donors (Lipinski definition) is 1. The first kappa shape index (κ1) is 16.1. The normalized spacial score (nSPS) is 25.6. The summed E-state index contributed by atoms with van der Waals surface area (Å²) in [6.07, 6.45) is 1.74. The van der Waals surface area contributed by atoms with E-state index in [-0.39, 0.29) is 23.8 Å². The molecule has 1 fully saturated rings. The molecule has 1 aliphatic heterocycles. The fourth-order valence-electron chi connectivity index (χ4n) is 3.92. The topological polar surface area (TPSA) is 62.3 Å². The van der Waals surface area contributed by atoms with Gasteiger partial charge in [0.1, 0.15) is 23.7 Å². The molecule has 3 atom stereocenters. The van der Waals surface area contributed by atoms with Crippen molar-refractivity contribution >= 4 is 0 Å². The van der Waals surface area contributed by atoms with Crippen LogP contribution < -0.4 is 10.5 Å². The predicted octanol–water partition coefficient (Wildman–Crippen LogP) is 2.78. The Hall–Kier alpha value is -2.42. The highest BCUT2D eigenvalue weighted by molar-refractivity contribution is 5.40. The molecule has 4 rings (SSSR count). The van der Waals surface area contributed by atoms with E-state index < -0.39 is 5.82 Å². The Morgan fingerprint density at radius 1 is 1.24 bits per heavy atom. The van der Waals surface area contributed by atoms with Crippen LogP contribution >= 0.6 is 0 Å². The number of hydrogen-bond acceptors (Lipinski definition) is 4. The summed E-state index contributed by atoms with van der Waals surface area (Å²) in [5.74, 6) is -0.0993. The molecule has 2 aliphatic rings. The monoisotopic (exact) mass is 337 g/mol. The Labute approximate surface area is 146 Å². The fourth-order valence-corrected chi connectivity index (χ4v) is 3.92. The van der Waals surface area contributed by atoms with E-state index in [2.05, 4.69) is 17.0 Å². The van der Waals surface area contributed by atoms with E-state index in [1.54, 1.807) is 6.07 Å². The summed E-state index contributed by atoms with van der Waals surface area (Å²) in [5.41, 5.74) is 8.54. The van der Waals surface area contributed by atoms with Crippen LogP contribution in [0.3, 0.4) is 0 Å². The van der Waals surface area contributed by atoms with E-state index in [0.717, 1.165) is 31.5 Å². The Morgan fingerprint density at radius 2 is 2.08 bits per heavy atom. The number of nitrogens with zero attached hydrogens (tertiary/aromatic N) is 2. The van der Waals surface area contributed by atoms with E-state index in [0.29, 0.717) is 5.75 Å². The van der Waals surface area contributed by atoms with Gasteiger partial charge in [-0.3, -0.25) is 4.90 Å². The summed E-state index contributed by atoms with van der Waals surface area (Å²) in [6.45, 7) is 1.82. The van der Waals surface area contributed by atoms with Gasteiger partial charge in [-0.25, -0.2) is 4.39 Å². The van der Waals surface area contributed by atoms with E-state index >= 15 is 0 Å². The summed E-state index contributed by atoms with van der Waals surface area (Å²) >= 11 is 0. The molecule has 0 saturated carbocycles. The van der Waals surface area contributed by atoms with Crippen LogP contribution in [0.25, 0.3) is 0 Å². The second-order valence-electron chi connectivity index (χ2n) is 6.81. The summed E-state index contributed by atoms with van der Waals surface area (Å²) < 4.78 is 20.2. The number of likely N-dealkylation sites (tertiary alicyclic amines) is 1. The number of nitriles is 1. The SMILES string of the molecule is N#Cc1ccc(O[C@@H]2c3ccccc3C[C@H]2N2CC[C@H](N)C2)cc1F. The molecule has 0 bridgehead atoms. The van der Waals surface area contributed by atoms with Gasteiger partial charge in [0.25, 0.3) is 0 Å². The first-order chi connectivity index (χ1) is 12.2. The average molecular weight is 337 g/mol. The van der Waals surface area contributed by atoms with Crippen molar-refractivity contribution in [3.05, 3.63) is 65.0 Å². The number of fused-ring (bicyclic) bond motifs is 1. The van der Waals surface area contributed by atoms with Crippen molar-refractivity contribution in [2.45, 2.75) is 31.0 Å². The van der Waals surface area contributed by atoms with Crippen LogP contribution in [0.5, 0.6) is 5.75 Å². The first-order valence-electron chi connectivity index (χ1n) is 8.59. The van der Waals surface area contributed by atoms with Gasteiger partial charge in [0.2, 0.25) is 0 Å². The number of ether oxygens (including phenoxy) is 1. The van der Waals surface area contributed by atoms with Crippen molar-refractivity contribution in [3.63, 3.8) is 0 Å². The Bertz CT molecular complexity index is 832. The summed E-state index contributed by atoms with van der Waals surface area (Å²) in [6, 6.07) is 14.9. The van der Waals surface area contributed by atoms with Gasteiger partial charge in [0.15, 0.2) is 0 Å². The Balaban J connectivity index is 1.64. The highest BCUT2D eigenvalue weighted by Crippen LogP contribution is 2.39. The zero-order chi connectivity index (χ0) is 17.4. The average Bonchev–Trinajstić information content (AvgIpc) is 3.19. The molecule has 5 heteroatoms. The van der Waals surface area contributed by atoms with Crippen molar-refractivity contribution in [1.82, 2.24) is 4.90 Å². The minimum atomic E-state index is -0.550. The van der Waals surface area contributed by atoms with Gasteiger partial charge >= 0.3 is 0 Å². The molecule has 2 N–H and O–H groups in total. The number of benzene rings is 2. The minimum absolute atomic E-state index is 0.0289. The molecule has 0 radical (unpaired) electrons. The zero-order valence-corrected chi connectivity index (χ0v) is 13.9. The Morgan fingerprint density at radius 3 is 2.80 bits per heavy atom. The van der Waals surface area contributed by atoms with Crippen molar-refractivity contribution in [2.24, 2.45) is 5.73 Å². The van der Waals surface area contributed by atoms with Crippen molar-refractivity contribution in [1.29, 1.82) is 5.26 Å². The smallest absolute Gasteiger partial charge is 0.144 e. The molecule has 128 valence electrons. The maximum Gasteiger partial charge on any atom is 0.144 e. The van der Waals surface area contributed by atoms with Crippen LogP contribution in [0.15, 0.2) is 42.5 Å².